The van der Waals surface area contributed by atoms with E-state index in [1.54, 1.807) is 11.9 Å². The Morgan fingerprint density at radius 1 is 1.69 bits per heavy atom. The smallest absolute Gasteiger partial charge is 0.317 e. The van der Waals surface area contributed by atoms with E-state index < -0.39 is 0 Å². The lowest BCUT2D eigenvalue weighted by Gasteiger charge is -2.31. The van der Waals surface area contributed by atoms with Gasteiger partial charge in [-0.25, -0.2) is 4.79 Å². The summed E-state index contributed by atoms with van der Waals surface area (Å²) in [6, 6.07) is -0.0778. The van der Waals surface area contributed by atoms with Crippen molar-refractivity contribution in [2.24, 2.45) is 11.7 Å². The van der Waals surface area contributed by atoms with E-state index in [9.17, 15) is 4.79 Å². The number of carbonyl (C=O) groups excluding carboxylic acids is 1. The number of urea groups is 1. The van der Waals surface area contributed by atoms with Crippen molar-refractivity contribution in [2.75, 3.05) is 20.1 Å². The van der Waals surface area contributed by atoms with Crippen LogP contribution in [0.4, 0.5) is 4.79 Å². The first kappa shape index (κ1) is 9.83. The summed E-state index contributed by atoms with van der Waals surface area (Å²) in [6.45, 7) is 1.35. The summed E-state index contributed by atoms with van der Waals surface area (Å²) in [5, 5.41) is 9.87. The highest BCUT2D eigenvalue weighted by Crippen LogP contribution is 2.15. The normalized spacial score (nSPS) is 22.5. The molecule has 1 unspecified atom stereocenters. The van der Waals surface area contributed by atoms with Crippen LogP contribution in [0.5, 0.6) is 0 Å². The average Bonchev–Trinajstić information content (AvgIpc) is 2.17. The topological polar surface area (TPSA) is 82.2 Å². The number of hydrogen-bond acceptors (Lipinski definition) is 2. The van der Waals surface area contributed by atoms with E-state index in [1.165, 1.54) is 0 Å². The molecule has 0 aromatic rings. The summed E-state index contributed by atoms with van der Waals surface area (Å²) in [5.74, 6) is 0.236. The SMILES string of the molecule is CNC(=O)N1CCCC(C(=N)N)C1. The molecule has 1 atom stereocenters. The van der Waals surface area contributed by atoms with Crippen molar-refractivity contribution in [1.29, 1.82) is 5.41 Å². The van der Waals surface area contributed by atoms with Gasteiger partial charge >= 0.3 is 6.03 Å². The highest BCUT2D eigenvalue weighted by Gasteiger charge is 2.24. The first-order chi connectivity index (χ1) is 6.15. The van der Waals surface area contributed by atoms with Gasteiger partial charge in [0.05, 0.1) is 5.84 Å². The third-order valence-corrected chi connectivity index (χ3v) is 2.36. The molecule has 0 saturated carbocycles. The number of carbonyl (C=O) groups is 1. The van der Waals surface area contributed by atoms with E-state index >= 15 is 0 Å². The second kappa shape index (κ2) is 4.11. The van der Waals surface area contributed by atoms with Crippen molar-refractivity contribution in [3.8, 4) is 0 Å². The maximum atomic E-state index is 11.2. The van der Waals surface area contributed by atoms with Gasteiger partial charge in [0.15, 0.2) is 0 Å². The van der Waals surface area contributed by atoms with Crippen LogP contribution < -0.4 is 11.1 Å². The van der Waals surface area contributed by atoms with Gasteiger partial charge in [0.2, 0.25) is 0 Å². The number of likely N-dealkylation sites (tertiary alicyclic amines) is 1. The van der Waals surface area contributed by atoms with Crippen LogP contribution in [0.2, 0.25) is 0 Å². The van der Waals surface area contributed by atoms with E-state index in [4.69, 9.17) is 11.1 Å². The van der Waals surface area contributed by atoms with Crippen LogP contribution in [0.15, 0.2) is 0 Å². The third kappa shape index (κ3) is 2.34. The van der Waals surface area contributed by atoms with Gasteiger partial charge in [-0.1, -0.05) is 0 Å². The molecule has 2 amide bonds. The maximum absolute atomic E-state index is 11.2. The van der Waals surface area contributed by atoms with Crippen molar-refractivity contribution < 1.29 is 4.79 Å². The molecule has 0 radical (unpaired) electrons. The van der Waals surface area contributed by atoms with Gasteiger partial charge in [0.1, 0.15) is 0 Å². The number of piperidine rings is 1. The Morgan fingerprint density at radius 2 is 2.38 bits per heavy atom. The predicted molar refractivity (Wildman–Crippen MR) is 50.7 cm³/mol. The second-order valence-corrected chi connectivity index (χ2v) is 3.30. The minimum absolute atomic E-state index is 0.0473. The molecule has 4 N–H and O–H groups in total. The molecule has 0 aliphatic carbocycles. The standard InChI is InChI=1S/C8H16N4O/c1-11-8(13)12-4-2-3-6(5-12)7(9)10/h6H,2-5H2,1H3,(H3,9,10)(H,11,13). The average molecular weight is 184 g/mol. The zero-order valence-corrected chi connectivity index (χ0v) is 7.84. The van der Waals surface area contributed by atoms with Crippen molar-refractivity contribution in [1.82, 2.24) is 10.2 Å². The largest absolute Gasteiger partial charge is 0.387 e. The monoisotopic (exact) mass is 184 g/mol. The highest BCUT2D eigenvalue weighted by molar-refractivity contribution is 5.81. The summed E-state index contributed by atoms with van der Waals surface area (Å²) >= 11 is 0. The van der Waals surface area contributed by atoms with Crippen molar-refractivity contribution in [3.63, 3.8) is 0 Å². The Hall–Kier alpha value is -1.26. The third-order valence-electron chi connectivity index (χ3n) is 2.36. The number of hydrogen-bond donors (Lipinski definition) is 3. The number of nitrogens with one attached hydrogen (secondary N) is 2. The van der Waals surface area contributed by atoms with Gasteiger partial charge in [0, 0.05) is 26.1 Å². The minimum Gasteiger partial charge on any atom is -0.387 e. The molecule has 0 aromatic carbocycles. The maximum Gasteiger partial charge on any atom is 0.317 e. The predicted octanol–water partition coefficient (Wildman–Crippen LogP) is -0.0262. The van der Waals surface area contributed by atoms with Crippen LogP contribution in [-0.2, 0) is 0 Å². The molecule has 1 rings (SSSR count). The first-order valence-electron chi connectivity index (χ1n) is 4.45. The van der Waals surface area contributed by atoms with Crippen molar-refractivity contribution in [3.05, 3.63) is 0 Å². The van der Waals surface area contributed by atoms with Crippen molar-refractivity contribution in [2.45, 2.75) is 12.8 Å². The summed E-state index contributed by atoms with van der Waals surface area (Å²) in [6.07, 6.45) is 1.85. The van der Waals surface area contributed by atoms with Crippen LogP contribution in [0.1, 0.15) is 12.8 Å². The van der Waals surface area contributed by atoms with Gasteiger partial charge in [-0.3, -0.25) is 5.41 Å². The number of nitrogens with two attached hydrogens (primary N) is 1. The van der Waals surface area contributed by atoms with E-state index in [1.807, 2.05) is 0 Å². The second-order valence-electron chi connectivity index (χ2n) is 3.30. The van der Waals surface area contributed by atoms with Crippen molar-refractivity contribution >= 4 is 11.9 Å². The van der Waals surface area contributed by atoms with E-state index in [0.717, 1.165) is 19.4 Å². The Kier molecular flexibility index (Phi) is 3.11. The van der Waals surface area contributed by atoms with Crippen LogP contribution in [0, 0.1) is 11.3 Å². The molecule has 13 heavy (non-hydrogen) atoms. The van der Waals surface area contributed by atoms with Gasteiger partial charge in [0.25, 0.3) is 0 Å². The molecule has 1 heterocycles. The molecule has 0 spiro atoms. The Bertz CT molecular complexity index is 216. The number of nitrogens with zero attached hydrogens (tertiary/aromatic N) is 1. The van der Waals surface area contributed by atoms with Crippen LogP contribution in [-0.4, -0.2) is 36.9 Å². The molecular weight excluding hydrogens is 168 g/mol. The molecule has 74 valence electrons. The number of amides is 2. The molecule has 1 aliphatic heterocycles. The van der Waals surface area contributed by atoms with E-state index in [0.29, 0.717) is 6.54 Å². The molecular formula is C8H16N4O. The van der Waals surface area contributed by atoms with E-state index in [-0.39, 0.29) is 17.8 Å². The summed E-state index contributed by atoms with van der Waals surface area (Å²) < 4.78 is 0. The first-order valence-corrected chi connectivity index (χ1v) is 4.45. The summed E-state index contributed by atoms with van der Waals surface area (Å²) in [4.78, 5) is 12.9. The summed E-state index contributed by atoms with van der Waals surface area (Å²) in [5.41, 5.74) is 5.40. The van der Waals surface area contributed by atoms with Gasteiger partial charge in [-0.2, -0.15) is 0 Å². The summed E-state index contributed by atoms with van der Waals surface area (Å²) in [7, 11) is 1.61. The lowest BCUT2D eigenvalue weighted by Crippen LogP contribution is -2.47. The molecule has 0 aromatic heterocycles. The van der Waals surface area contributed by atoms with Gasteiger partial charge in [-0.15, -0.1) is 0 Å². The Morgan fingerprint density at radius 3 is 2.92 bits per heavy atom. The lowest BCUT2D eigenvalue weighted by molar-refractivity contribution is 0.180. The van der Waals surface area contributed by atoms with Gasteiger partial charge < -0.3 is 16.0 Å². The molecule has 1 saturated heterocycles. The molecule has 0 bridgehead atoms. The number of rotatable bonds is 1. The van der Waals surface area contributed by atoms with Crippen LogP contribution >= 0.6 is 0 Å². The fourth-order valence-corrected chi connectivity index (χ4v) is 1.57. The van der Waals surface area contributed by atoms with E-state index in [2.05, 4.69) is 5.32 Å². The zero-order valence-electron chi connectivity index (χ0n) is 7.84. The highest BCUT2D eigenvalue weighted by atomic mass is 16.2. The molecule has 5 heteroatoms. The van der Waals surface area contributed by atoms with Crippen LogP contribution in [0.25, 0.3) is 0 Å². The van der Waals surface area contributed by atoms with Gasteiger partial charge in [-0.05, 0) is 12.8 Å². The van der Waals surface area contributed by atoms with Crippen LogP contribution in [0.3, 0.4) is 0 Å². The number of amidine groups is 1. The quantitative estimate of drug-likeness (QED) is 0.395. The molecule has 1 fully saturated rings. The zero-order chi connectivity index (χ0) is 9.84. The molecule has 1 aliphatic rings. The molecule has 5 nitrogen and oxygen atoms in total. The Labute approximate surface area is 77.8 Å². The fourth-order valence-electron chi connectivity index (χ4n) is 1.57. The lowest BCUT2D eigenvalue weighted by atomic mass is 9.97. The minimum atomic E-state index is -0.0778. The Balaban J connectivity index is 2.51. The fraction of sp³-hybridized carbons (Fsp3) is 0.750.